The highest BCUT2D eigenvalue weighted by molar-refractivity contribution is 7.59. The van der Waals surface area contributed by atoms with Crippen molar-refractivity contribution in [3.05, 3.63) is 90.3 Å². The summed E-state index contributed by atoms with van der Waals surface area (Å²) in [4.78, 5) is 60.7. The van der Waals surface area contributed by atoms with E-state index in [2.05, 4.69) is 22.3 Å². The lowest BCUT2D eigenvalue weighted by atomic mass is 9.83. The van der Waals surface area contributed by atoms with Gasteiger partial charge >= 0.3 is 12.1 Å². The molecule has 0 aliphatic carbocycles. The van der Waals surface area contributed by atoms with E-state index in [0.29, 0.717) is 65.9 Å². The van der Waals surface area contributed by atoms with Crippen molar-refractivity contribution in [2.75, 3.05) is 32.8 Å². The van der Waals surface area contributed by atoms with Crippen molar-refractivity contribution in [2.45, 2.75) is 111 Å². The zero-order valence-electron chi connectivity index (χ0n) is 39.0. The van der Waals surface area contributed by atoms with E-state index in [0.717, 1.165) is 16.7 Å². The number of hydrogen-bond acceptors (Lipinski definition) is 8. The molecule has 374 valence electrons. The second-order valence-electron chi connectivity index (χ2n) is 18.8. The highest BCUT2D eigenvalue weighted by Gasteiger charge is 2.38. The third-order valence-corrected chi connectivity index (χ3v) is 12.4. The standard InChI is InChI=1S/C49H59F3N6O6.CH4.3H2S/c1-8-42(59)56-24-34(25-56)63-26-38(29(2)3)45(60)54-40-21-31-12-9-13-32(20-31)33-16-17-41-36(22-33)37(23-48(6,7)28-64-47(62)39-15-11-19-58(55-39)46(40)61)44(57(41)27-49(50,51)52)35-14-10-18-53-43(35)30(4)5;;;;/h8-10,12-14,16-18,20,22,29-30,34,38-40,55H,1,11,15,19,21,23-28H2,2-7H3,(H,54,60);1H4;3*1H2/t38?,39-,40-;;;;/m0..../s1. The normalized spacial score (nSPS) is 19.0. The van der Waals surface area contributed by atoms with Crippen LogP contribution < -0.4 is 10.7 Å². The smallest absolute Gasteiger partial charge is 0.406 e. The van der Waals surface area contributed by atoms with Crippen LogP contribution in [0.1, 0.15) is 84.5 Å². The first-order valence-corrected chi connectivity index (χ1v) is 22.2. The predicted octanol–water partition coefficient (Wildman–Crippen LogP) is 8.36. The van der Waals surface area contributed by atoms with Gasteiger partial charge in [0, 0.05) is 54.1 Å². The minimum absolute atomic E-state index is 0. The Morgan fingerprint density at radius 1 is 1.03 bits per heavy atom. The average molecular weight is 1000 g/mol. The van der Waals surface area contributed by atoms with Crippen LogP contribution in [0.5, 0.6) is 0 Å². The molecule has 3 aliphatic heterocycles. The van der Waals surface area contributed by atoms with E-state index in [1.807, 2.05) is 84.0 Å². The van der Waals surface area contributed by atoms with Crippen LogP contribution in [0, 0.1) is 17.3 Å². The summed E-state index contributed by atoms with van der Waals surface area (Å²) in [6.45, 7) is 15.0. The monoisotopic (exact) mass is 1000 g/mol. The fourth-order valence-corrected chi connectivity index (χ4v) is 8.97. The summed E-state index contributed by atoms with van der Waals surface area (Å²) in [5, 5.41) is 5.06. The number of halogens is 3. The Bertz CT molecular complexity index is 2420. The zero-order chi connectivity index (χ0) is 46.1. The minimum atomic E-state index is -4.54. The molecule has 0 radical (unpaired) electrons. The first-order chi connectivity index (χ1) is 30.3. The van der Waals surface area contributed by atoms with E-state index in [1.165, 1.54) is 15.7 Å². The maximum Gasteiger partial charge on any atom is 0.406 e. The molecule has 3 aliphatic rings. The molecule has 2 aromatic heterocycles. The SMILES string of the molecule is C.C=CC(=O)N1CC(OCC(C(=O)N[C@H]2Cc3cccc(c3)-c3ccc4c(c3)c(c(-c3cccnc3C(C)C)n4CC(F)(F)F)CC(C)(C)COC(=O)[C@@H]3CCCN(N3)C2=O)C(C)C)C1.S.S.S. The highest BCUT2D eigenvalue weighted by Crippen LogP contribution is 2.43. The van der Waals surface area contributed by atoms with E-state index in [4.69, 9.17) is 9.47 Å². The van der Waals surface area contributed by atoms with Crippen molar-refractivity contribution in [2.24, 2.45) is 17.3 Å². The first kappa shape index (κ1) is 57.8. The number of cyclic esters (lactones) is 1. The van der Waals surface area contributed by atoms with Crippen molar-refractivity contribution in [3.8, 4) is 22.4 Å². The van der Waals surface area contributed by atoms with Crippen molar-refractivity contribution in [3.63, 3.8) is 0 Å². The van der Waals surface area contributed by atoms with Crippen molar-refractivity contribution < 1.29 is 41.8 Å². The number of hydrogen-bond donors (Lipinski definition) is 2. The molecule has 1 unspecified atom stereocenters. The number of esters is 1. The number of aromatic nitrogens is 2. The van der Waals surface area contributed by atoms with Gasteiger partial charge in [-0.15, -0.1) is 0 Å². The largest absolute Gasteiger partial charge is 0.464 e. The number of amides is 3. The molecule has 3 amide bonds. The molecular formula is C50H69F3N6O6S3. The second-order valence-corrected chi connectivity index (χ2v) is 18.8. The molecule has 5 heterocycles. The van der Waals surface area contributed by atoms with Gasteiger partial charge in [0.1, 0.15) is 18.6 Å². The summed E-state index contributed by atoms with van der Waals surface area (Å²) in [7, 11) is 0. The molecule has 18 heteroatoms. The van der Waals surface area contributed by atoms with Crippen molar-refractivity contribution >= 4 is 75.1 Å². The summed E-state index contributed by atoms with van der Waals surface area (Å²) in [6.07, 6.45) is -0.583. The van der Waals surface area contributed by atoms with E-state index in [9.17, 15) is 32.3 Å². The Labute approximate surface area is 419 Å². The van der Waals surface area contributed by atoms with Crippen LogP contribution >= 0.6 is 40.5 Å². The molecule has 0 spiro atoms. The lowest BCUT2D eigenvalue weighted by molar-refractivity contribution is -0.155. The van der Waals surface area contributed by atoms with E-state index in [-0.39, 0.29) is 104 Å². The number of likely N-dealkylation sites (tertiary alicyclic amines) is 1. The third-order valence-electron chi connectivity index (χ3n) is 12.4. The number of hydrazine groups is 1. The molecule has 68 heavy (non-hydrogen) atoms. The summed E-state index contributed by atoms with van der Waals surface area (Å²) in [6, 6.07) is 14.7. The topological polar surface area (TPSA) is 135 Å². The van der Waals surface area contributed by atoms with Gasteiger partial charge in [-0.05, 0) is 83.7 Å². The van der Waals surface area contributed by atoms with Crippen LogP contribution in [0.15, 0.2) is 73.4 Å². The van der Waals surface area contributed by atoms with E-state index >= 15 is 0 Å². The number of nitrogens with one attached hydrogen (secondary N) is 2. The molecule has 2 fully saturated rings. The minimum Gasteiger partial charge on any atom is -0.464 e. The lowest BCUT2D eigenvalue weighted by Gasteiger charge is -2.39. The van der Waals surface area contributed by atoms with E-state index < -0.39 is 48.0 Å². The van der Waals surface area contributed by atoms with Crippen LogP contribution in [0.2, 0.25) is 0 Å². The van der Waals surface area contributed by atoms with Gasteiger partial charge in [0.15, 0.2) is 0 Å². The van der Waals surface area contributed by atoms with Gasteiger partial charge in [-0.1, -0.05) is 85.9 Å². The Kier molecular flexibility index (Phi) is 20.3. The Morgan fingerprint density at radius 3 is 2.40 bits per heavy atom. The van der Waals surface area contributed by atoms with E-state index in [1.54, 1.807) is 23.2 Å². The van der Waals surface area contributed by atoms with Crippen LogP contribution in [-0.2, 0) is 48.0 Å². The fraction of sp³-hybridized carbons (Fsp3) is 0.500. The van der Waals surface area contributed by atoms with Crippen LogP contribution in [-0.4, -0.2) is 100 Å². The molecule has 4 aromatic rings. The Hall–Kier alpha value is -4.49. The third kappa shape index (κ3) is 13.2. The number of nitrogens with zero attached hydrogens (tertiary/aromatic N) is 4. The van der Waals surface area contributed by atoms with Gasteiger partial charge < -0.3 is 24.3 Å². The van der Waals surface area contributed by atoms with Crippen LogP contribution in [0.4, 0.5) is 13.2 Å². The maximum atomic E-state index is 14.6. The summed E-state index contributed by atoms with van der Waals surface area (Å²) >= 11 is 0. The molecular weight excluding hydrogens is 934 g/mol. The van der Waals surface area contributed by atoms with Crippen LogP contribution in [0.25, 0.3) is 33.3 Å². The van der Waals surface area contributed by atoms with Gasteiger partial charge in [0.2, 0.25) is 11.8 Å². The molecule has 3 atom stereocenters. The van der Waals surface area contributed by atoms with Gasteiger partial charge in [-0.25, -0.2) is 5.43 Å². The van der Waals surface area contributed by atoms with Crippen LogP contribution in [0.3, 0.4) is 0 Å². The molecule has 0 saturated carbocycles. The highest BCUT2D eigenvalue weighted by atomic mass is 32.1. The number of rotatable bonds is 10. The van der Waals surface area contributed by atoms with Crippen molar-refractivity contribution in [1.82, 2.24) is 30.2 Å². The first-order valence-electron chi connectivity index (χ1n) is 22.2. The number of carbonyl (C=O) groups excluding carboxylic acids is 4. The van der Waals surface area contributed by atoms with Crippen molar-refractivity contribution in [1.29, 1.82) is 0 Å². The number of carbonyl (C=O) groups is 4. The fourth-order valence-electron chi connectivity index (χ4n) is 8.97. The second kappa shape index (κ2) is 23.9. The molecule has 2 N–H and O–H groups in total. The summed E-state index contributed by atoms with van der Waals surface area (Å²) < 4.78 is 57.2. The molecule has 12 nitrogen and oxygen atoms in total. The molecule has 7 rings (SSSR count). The molecule has 6 bridgehead atoms. The number of alkyl halides is 3. The van der Waals surface area contributed by atoms with Gasteiger partial charge in [0.25, 0.3) is 5.91 Å². The van der Waals surface area contributed by atoms with Gasteiger partial charge in [0.05, 0.1) is 36.6 Å². The zero-order valence-corrected chi connectivity index (χ0v) is 42.0. The van der Waals surface area contributed by atoms with Gasteiger partial charge in [-0.3, -0.25) is 29.2 Å². The average Bonchev–Trinajstić information content (AvgIpc) is 3.51. The Morgan fingerprint density at radius 2 is 1.74 bits per heavy atom. The molecule has 2 aromatic carbocycles. The number of pyridine rings is 1. The number of fused-ring (bicyclic) bond motifs is 6. The maximum absolute atomic E-state index is 14.6. The lowest BCUT2D eigenvalue weighted by Crippen LogP contribution is -2.61. The molecule has 2 saturated heterocycles. The summed E-state index contributed by atoms with van der Waals surface area (Å²) in [5.74, 6) is -2.38. The van der Waals surface area contributed by atoms with Gasteiger partial charge in [-0.2, -0.15) is 53.7 Å². The summed E-state index contributed by atoms with van der Waals surface area (Å²) in [5.41, 5.74) is 7.40. The number of ether oxygens (including phenoxy) is 2. The Balaban J connectivity index is 0.00000306. The number of benzene rings is 2. The quantitative estimate of drug-likeness (QED) is 0.120. The predicted molar refractivity (Wildman–Crippen MR) is 275 cm³/mol.